The van der Waals surface area contributed by atoms with Gasteiger partial charge in [-0.1, -0.05) is 27.7 Å². The molecule has 0 fully saturated rings. The van der Waals surface area contributed by atoms with Gasteiger partial charge in [0.1, 0.15) is 11.4 Å². The van der Waals surface area contributed by atoms with Gasteiger partial charge in [-0.15, -0.1) is 0 Å². The highest BCUT2D eigenvalue weighted by Gasteiger charge is 2.24. The molecule has 0 aliphatic heterocycles. The Kier molecular flexibility index (Phi) is 5.66. The van der Waals surface area contributed by atoms with Crippen molar-refractivity contribution in [3.05, 3.63) is 27.4 Å². The minimum absolute atomic E-state index is 0.00829. The summed E-state index contributed by atoms with van der Waals surface area (Å²) in [5.41, 5.74) is -0.979. The largest absolute Gasteiger partial charge is 0.388 e. The number of hydrogen-bond acceptors (Lipinski definition) is 4. The van der Waals surface area contributed by atoms with Crippen LogP contribution in [0.4, 0.5) is 0 Å². The van der Waals surface area contributed by atoms with Crippen molar-refractivity contribution in [2.75, 3.05) is 6.54 Å². The summed E-state index contributed by atoms with van der Waals surface area (Å²) in [5, 5.41) is 12.8. The fourth-order valence-corrected chi connectivity index (χ4v) is 1.98. The zero-order chi connectivity index (χ0) is 16.2. The Morgan fingerprint density at radius 3 is 2.38 bits per heavy atom. The summed E-state index contributed by atoms with van der Waals surface area (Å²) in [6, 6.07) is 0. The predicted octanol–water partition coefficient (Wildman–Crippen LogP) is 1.48. The summed E-state index contributed by atoms with van der Waals surface area (Å²) < 4.78 is 0. The number of amides is 1. The summed E-state index contributed by atoms with van der Waals surface area (Å²) in [5.74, 6) is 0.142. The summed E-state index contributed by atoms with van der Waals surface area (Å²) in [4.78, 5) is 31.1. The molecule has 0 bridgehead atoms. The molecule has 6 heteroatoms. The number of aromatic amines is 1. The van der Waals surface area contributed by atoms with Crippen LogP contribution in [0.1, 0.15) is 68.3 Å². The normalized spacial score (nSPS) is 11.8. The summed E-state index contributed by atoms with van der Waals surface area (Å²) >= 11 is 0. The van der Waals surface area contributed by atoms with E-state index in [2.05, 4.69) is 15.3 Å². The van der Waals surface area contributed by atoms with Gasteiger partial charge in [0.25, 0.3) is 11.5 Å². The number of carbonyl (C=O) groups is 1. The molecule has 6 nitrogen and oxygen atoms in total. The molecule has 1 heterocycles. The van der Waals surface area contributed by atoms with Gasteiger partial charge in [-0.3, -0.25) is 9.59 Å². The van der Waals surface area contributed by atoms with Crippen molar-refractivity contribution in [1.82, 2.24) is 15.3 Å². The zero-order valence-corrected chi connectivity index (χ0v) is 13.4. The maximum absolute atomic E-state index is 12.2. The van der Waals surface area contributed by atoms with Crippen LogP contribution in [0.15, 0.2) is 4.79 Å². The molecule has 0 radical (unpaired) electrons. The van der Waals surface area contributed by atoms with Gasteiger partial charge in [0, 0.05) is 12.5 Å². The molecule has 0 atom stereocenters. The molecule has 0 aliphatic carbocycles. The second kappa shape index (κ2) is 6.85. The third-order valence-electron chi connectivity index (χ3n) is 3.79. The average molecular weight is 295 g/mol. The van der Waals surface area contributed by atoms with Crippen molar-refractivity contribution in [3.8, 4) is 0 Å². The molecule has 3 N–H and O–H groups in total. The average Bonchev–Trinajstić information content (AvgIpc) is 2.43. The molecule has 21 heavy (non-hydrogen) atoms. The molecule has 0 spiro atoms. The lowest BCUT2D eigenvalue weighted by Gasteiger charge is -2.25. The zero-order valence-electron chi connectivity index (χ0n) is 13.4. The Hall–Kier alpha value is -1.69. The standard InChI is InChI=1S/C15H25N3O3/c1-6-15(21,7-2)8-16-13(19)11-10(5)17-12(9(3)4)18-14(11)20/h9,21H,6-8H2,1-5H3,(H,16,19)(H,17,18,20). The molecule has 0 saturated carbocycles. The number of H-pyrrole nitrogens is 1. The topological polar surface area (TPSA) is 95.1 Å². The number of aliphatic hydroxyl groups is 1. The lowest BCUT2D eigenvalue weighted by atomic mass is 9.97. The van der Waals surface area contributed by atoms with Gasteiger partial charge in [-0.2, -0.15) is 0 Å². The van der Waals surface area contributed by atoms with Gasteiger partial charge >= 0.3 is 0 Å². The van der Waals surface area contributed by atoms with Crippen LogP contribution < -0.4 is 10.9 Å². The van der Waals surface area contributed by atoms with E-state index in [0.29, 0.717) is 24.4 Å². The highest BCUT2D eigenvalue weighted by atomic mass is 16.3. The third-order valence-corrected chi connectivity index (χ3v) is 3.79. The fourth-order valence-electron chi connectivity index (χ4n) is 1.98. The van der Waals surface area contributed by atoms with E-state index in [1.807, 2.05) is 27.7 Å². The van der Waals surface area contributed by atoms with E-state index < -0.39 is 17.1 Å². The maximum atomic E-state index is 12.2. The summed E-state index contributed by atoms with van der Waals surface area (Å²) in [6.07, 6.45) is 1.06. The van der Waals surface area contributed by atoms with Gasteiger partial charge in [0.05, 0.1) is 11.3 Å². The first-order valence-electron chi connectivity index (χ1n) is 7.35. The van der Waals surface area contributed by atoms with Gasteiger partial charge in [-0.25, -0.2) is 4.98 Å². The van der Waals surface area contributed by atoms with Gasteiger partial charge in [-0.05, 0) is 19.8 Å². The number of nitrogens with zero attached hydrogens (tertiary/aromatic N) is 1. The molecule has 1 aromatic rings. The quantitative estimate of drug-likeness (QED) is 0.741. The second-order valence-electron chi connectivity index (χ2n) is 5.68. The Labute approximate surface area is 125 Å². The Morgan fingerprint density at radius 2 is 1.95 bits per heavy atom. The van der Waals surface area contributed by atoms with E-state index in [-0.39, 0.29) is 18.0 Å². The SMILES string of the molecule is CCC(O)(CC)CNC(=O)c1c(C)nc(C(C)C)[nH]c1=O. The lowest BCUT2D eigenvalue weighted by Crippen LogP contribution is -2.43. The van der Waals surface area contributed by atoms with Crippen LogP contribution >= 0.6 is 0 Å². The van der Waals surface area contributed by atoms with E-state index >= 15 is 0 Å². The van der Waals surface area contributed by atoms with Crippen molar-refractivity contribution in [2.24, 2.45) is 0 Å². The number of carbonyl (C=O) groups excluding carboxylic acids is 1. The molecule has 1 rings (SSSR count). The van der Waals surface area contributed by atoms with E-state index in [1.54, 1.807) is 6.92 Å². The number of hydrogen-bond donors (Lipinski definition) is 3. The third kappa shape index (κ3) is 4.14. The number of aromatic nitrogens is 2. The Balaban J connectivity index is 2.96. The van der Waals surface area contributed by atoms with Crippen LogP contribution in [0.5, 0.6) is 0 Å². The van der Waals surface area contributed by atoms with E-state index in [0.717, 1.165) is 0 Å². The predicted molar refractivity (Wildman–Crippen MR) is 81.5 cm³/mol. The second-order valence-corrected chi connectivity index (χ2v) is 5.68. The van der Waals surface area contributed by atoms with Crippen molar-refractivity contribution in [2.45, 2.75) is 59.0 Å². The minimum Gasteiger partial charge on any atom is -0.388 e. The highest BCUT2D eigenvalue weighted by molar-refractivity contribution is 5.94. The number of rotatable bonds is 6. The molecule has 1 aromatic heterocycles. The van der Waals surface area contributed by atoms with Gasteiger partial charge < -0.3 is 15.4 Å². The molecule has 1 amide bonds. The van der Waals surface area contributed by atoms with Crippen LogP contribution in [0.2, 0.25) is 0 Å². The molecular formula is C15H25N3O3. The fraction of sp³-hybridized carbons (Fsp3) is 0.667. The summed E-state index contributed by atoms with van der Waals surface area (Å²) in [6.45, 7) is 9.30. The maximum Gasteiger partial charge on any atom is 0.264 e. The minimum atomic E-state index is -0.943. The van der Waals surface area contributed by atoms with Crippen LogP contribution in [-0.2, 0) is 0 Å². The van der Waals surface area contributed by atoms with Gasteiger partial charge in [0.15, 0.2) is 0 Å². The van der Waals surface area contributed by atoms with Crippen molar-refractivity contribution < 1.29 is 9.90 Å². The Bertz CT molecular complexity index is 560. The van der Waals surface area contributed by atoms with Crippen molar-refractivity contribution in [3.63, 3.8) is 0 Å². The van der Waals surface area contributed by atoms with Crippen LogP contribution in [0.3, 0.4) is 0 Å². The molecule has 0 aromatic carbocycles. The first-order chi connectivity index (χ1) is 9.74. The first-order valence-corrected chi connectivity index (χ1v) is 7.35. The van der Waals surface area contributed by atoms with E-state index in [1.165, 1.54) is 0 Å². The molecule has 0 aliphatic rings. The van der Waals surface area contributed by atoms with Crippen LogP contribution in [0, 0.1) is 6.92 Å². The lowest BCUT2D eigenvalue weighted by molar-refractivity contribution is 0.0313. The number of aryl methyl sites for hydroxylation is 1. The van der Waals surface area contributed by atoms with Crippen molar-refractivity contribution in [1.29, 1.82) is 0 Å². The van der Waals surface area contributed by atoms with E-state index in [4.69, 9.17) is 0 Å². The highest BCUT2D eigenvalue weighted by Crippen LogP contribution is 2.13. The molecule has 118 valence electrons. The Morgan fingerprint density at radius 1 is 1.38 bits per heavy atom. The smallest absolute Gasteiger partial charge is 0.264 e. The van der Waals surface area contributed by atoms with Crippen LogP contribution in [-0.4, -0.2) is 33.1 Å². The molecular weight excluding hydrogens is 270 g/mol. The van der Waals surface area contributed by atoms with Crippen LogP contribution in [0.25, 0.3) is 0 Å². The van der Waals surface area contributed by atoms with E-state index in [9.17, 15) is 14.7 Å². The molecule has 0 unspecified atom stereocenters. The summed E-state index contributed by atoms with van der Waals surface area (Å²) in [7, 11) is 0. The number of nitrogens with one attached hydrogen (secondary N) is 2. The monoisotopic (exact) mass is 295 g/mol. The first kappa shape index (κ1) is 17.4. The molecule has 0 saturated heterocycles. The van der Waals surface area contributed by atoms with Crippen molar-refractivity contribution >= 4 is 5.91 Å². The van der Waals surface area contributed by atoms with Gasteiger partial charge in [0.2, 0.25) is 0 Å².